The minimum atomic E-state index is -0.486. The molecule has 0 saturated heterocycles. The van der Waals surface area contributed by atoms with Crippen LogP contribution < -0.4 is 26.2 Å². The predicted octanol–water partition coefficient (Wildman–Crippen LogP) is 34.8. The van der Waals surface area contributed by atoms with E-state index in [0.29, 0.717) is 0 Å². The summed E-state index contributed by atoms with van der Waals surface area (Å²) in [5.41, 5.74) is 33.8. The number of hydrogen-bond donors (Lipinski definition) is 0. The van der Waals surface area contributed by atoms with Gasteiger partial charge < -0.3 is 36.6 Å². The van der Waals surface area contributed by atoms with Crippen LogP contribution in [-0.4, -0.2) is 15.8 Å². The van der Waals surface area contributed by atoms with Gasteiger partial charge >= 0.3 is 0 Å². The number of aromatic nitrogens is 2. The first-order valence-corrected chi connectivity index (χ1v) is 48.8. The third-order valence-corrected chi connectivity index (χ3v) is 31.7. The Bertz CT molecular complexity index is 9420. The van der Waals surface area contributed by atoms with Gasteiger partial charge in [0.1, 0.15) is 44.7 Å². The van der Waals surface area contributed by atoms with Gasteiger partial charge in [0.05, 0.1) is 33.4 Å². The summed E-state index contributed by atoms with van der Waals surface area (Å²) in [7, 11) is 0. The van der Waals surface area contributed by atoms with Gasteiger partial charge in [-0.3, -0.25) is 0 Å². The Morgan fingerprint density at radius 2 is 0.475 bits per heavy atom. The third-order valence-electron chi connectivity index (χ3n) is 31.7. The number of rotatable bonds is 8. The number of anilines is 6. The van der Waals surface area contributed by atoms with E-state index in [2.05, 4.69) is 445 Å². The van der Waals surface area contributed by atoms with Crippen molar-refractivity contribution in [3.05, 3.63) is 381 Å². The fourth-order valence-electron chi connectivity index (χ4n) is 25.2. The van der Waals surface area contributed by atoms with E-state index >= 15 is 0 Å². The zero-order chi connectivity index (χ0) is 92.1. The maximum atomic E-state index is 7.12. The van der Waals surface area contributed by atoms with Gasteiger partial charge in [-0.2, -0.15) is 0 Å². The van der Waals surface area contributed by atoms with Crippen LogP contribution in [0.5, 0.6) is 0 Å². The fourth-order valence-corrected chi connectivity index (χ4v) is 25.2. The SMILES string of the molecule is CC(C)(C)c1cc(-c2ccc3c(c2)oc2ccccc23)c(N2c3cc(-n4c5ccc6cccc7c8cccc9ccc4c(c98)c5c67)ccc3B3c4ccc(-n5c6ccc7cccc8c9cccc%10ccc5c(c%109)c6c78)cc4N(c4c(-c5ccc6c(c5)oc5ccccc56)cc(C(C)(C)C)cc4-c4ccc5c(c4)oc4ccccc45)c4cc(C(C)(C)C)cc2c43)c(-c2ccc3c(c2)oc2ccccc23)c1. The van der Waals surface area contributed by atoms with Gasteiger partial charge in [0.2, 0.25) is 0 Å². The molecule has 0 amide bonds. The molecular formula is C130H87BN4O4. The van der Waals surface area contributed by atoms with Crippen LogP contribution in [0.15, 0.2) is 382 Å². The maximum absolute atomic E-state index is 7.12. The fraction of sp³-hybridized carbons (Fsp3) is 0.0923. The Morgan fingerprint density at radius 1 is 0.209 bits per heavy atom. The van der Waals surface area contributed by atoms with Crippen LogP contribution in [0.4, 0.5) is 34.1 Å². The Balaban J connectivity index is 0.771. The van der Waals surface area contributed by atoms with E-state index < -0.39 is 12.1 Å². The molecule has 0 unspecified atom stereocenters. The van der Waals surface area contributed by atoms with Crippen LogP contribution in [0.2, 0.25) is 0 Å². The van der Waals surface area contributed by atoms with Crippen LogP contribution in [0, 0.1) is 0 Å². The summed E-state index contributed by atoms with van der Waals surface area (Å²) < 4.78 is 33.7. The van der Waals surface area contributed by atoms with Crippen molar-refractivity contribution in [3.8, 4) is 55.9 Å². The highest BCUT2D eigenvalue weighted by Gasteiger charge is 2.48. The lowest BCUT2D eigenvalue weighted by Gasteiger charge is -2.47. The standard InChI is InChI=1S/C130H87BN4O4/c1-128(2,3)78-62-95(74-38-48-87-83-26-10-14-34-109(83)136-113(87)58-74)126(96(63-78)75-39-49-88-84-27-11-15-35-110(84)137-114(88)59-75)134-105-68-81(132-101-54-42-70-22-18-30-91-92-31-19-23-71-43-55-102(132)122(118(71)92)121(101)117(70)91)46-52-99(105)131-100-53-47-82(133-103-56-44-72-24-20-32-93-94-33-21-25-73-45-57-104(133)124(120(73)94)123(103)119(72)93)69-106(100)135(108-67-80(130(7,8)9)66-107(134)125(108)131)127-97(76-40-50-89-85-28-12-16-36-111(85)138-115(89)60-76)64-79(129(4,5)6)65-98(127)77-41-51-90-86-29-13-17-37-112(86)139-116(90)61-77/h10-69H,1-9H3. The van der Waals surface area contributed by atoms with Crippen molar-refractivity contribution in [1.82, 2.24) is 9.13 Å². The predicted molar refractivity (Wildman–Crippen MR) is 586 cm³/mol. The van der Waals surface area contributed by atoms with Crippen molar-refractivity contribution in [1.29, 1.82) is 0 Å². The van der Waals surface area contributed by atoms with E-state index in [1.54, 1.807) is 0 Å². The molecule has 29 aromatic rings. The molecule has 2 aliphatic rings. The number of hydrogen-bond acceptors (Lipinski definition) is 6. The summed E-state index contributed by atoms with van der Waals surface area (Å²) in [6.07, 6.45) is 0. The molecule has 31 rings (SSSR count). The summed E-state index contributed by atoms with van der Waals surface area (Å²) in [6, 6.07) is 139. The van der Waals surface area contributed by atoms with E-state index in [1.807, 2.05) is 0 Å². The van der Waals surface area contributed by atoms with E-state index in [-0.39, 0.29) is 10.8 Å². The molecule has 0 saturated carbocycles. The Morgan fingerprint density at radius 3 is 0.763 bits per heavy atom. The van der Waals surface area contributed by atoms with Gasteiger partial charge in [0.15, 0.2) is 0 Å². The molecule has 0 spiro atoms. The van der Waals surface area contributed by atoms with Crippen LogP contribution in [0.25, 0.3) is 252 Å². The first kappa shape index (κ1) is 77.4. The second-order valence-electron chi connectivity index (χ2n) is 42.5. The number of benzene rings is 23. The highest BCUT2D eigenvalue weighted by Crippen LogP contribution is 2.59. The lowest BCUT2D eigenvalue weighted by atomic mass is 9.33. The molecule has 654 valence electrons. The molecule has 8 heterocycles. The summed E-state index contributed by atoms with van der Waals surface area (Å²) >= 11 is 0. The molecule has 23 aromatic carbocycles. The summed E-state index contributed by atoms with van der Waals surface area (Å²) in [4.78, 5) is 5.51. The van der Waals surface area contributed by atoms with Crippen LogP contribution in [0.1, 0.15) is 79.0 Å². The maximum Gasteiger partial charge on any atom is 0.252 e. The first-order chi connectivity index (χ1) is 67.8. The second kappa shape index (κ2) is 27.1. The first-order valence-electron chi connectivity index (χ1n) is 48.8. The highest BCUT2D eigenvalue weighted by molar-refractivity contribution is 7.00. The average Bonchev–Trinajstić information content (AvgIpc) is 1.47. The minimum absolute atomic E-state index is 0.361. The zero-order valence-corrected chi connectivity index (χ0v) is 78.1. The normalized spacial score (nSPS) is 13.5. The van der Waals surface area contributed by atoms with E-state index in [1.165, 1.54) is 103 Å². The molecule has 0 atom stereocenters. The van der Waals surface area contributed by atoms with Gasteiger partial charge in [0.25, 0.3) is 6.71 Å². The lowest BCUT2D eigenvalue weighted by Crippen LogP contribution is -2.61. The van der Waals surface area contributed by atoms with Gasteiger partial charge in [-0.1, -0.05) is 269 Å². The number of para-hydroxylation sites is 4. The van der Waals surface area contributed by atoms with Gasteiger partial charge in [-0.15, -0.1) is 0 Å². The molecular weight excluding hydrogens is 1690 g/mol. The molecule has 2 aliphatic heterocycles. The van der Waals surface area contributed by atoms with E-state index in [9.17, 15) is 0 Å². The topological polar surface area (TPSA) is 68.9 Å². The molecule has 0 aliphatic carbocycles. The number of nitrogens with zero attached hydrogens (tertiary/aromatic N) is 4. The molecule has 0 radical (unpaired) electrons. The van der Waals surface area contributed by atoms with Crippen LogP contribution in [0.3, 0.4) is 0 Å². The van der Waals surface area contributed by atoms with Gasteiger partial charge in [0, 0.05) is 121 Å². The highest BCUT2D eigenvalue weighted by atomic mass is 16.3. The number of furan rings is 4. The molecule has 139 heavy (non-hydrogen) atoms. The molecule has 8 nitrogen and oxygen atoms in total. The Labute approximate surface area is 799 Å². The average molecular weight is 1780 g/mol. The van der Waals surface area contributed by atoms with E-state index in [4.69, 9.17) is 17.7 Å². The molecule has 0 fully saturated rings. The number of fused-ring (bicyclic) bond motifs is 18. The quantitative estimate of drug-likeness (QED) is 0.0858. The van der Waals surface area contributed by atoms with Gasteiger partial charge in [-0.25, -0.2) is 0 Å². The monoisotopic (exact) mass is 1780 g/mol. The van der Waals surface area contributed by atoms with Crippen LogP contribution in [-0.2, 0) is 16.2 Å². The second-order valence-corrected chi connectivity index (χ2v) is 42.5. The van der Waals surface area contributed by atoms with Crippen molar-refractivity contribution in [2.75, 3.05) is 9.80 Å². The van der Waals surface area contributed by atoms with Crippen molar-refractivity contribution < 1.29 is 17.7 Å². The Hall–Kier alpha value is -16.9. The van der Waals surface area contributed by atoms with Crippen molar-refractivity contribution in [2.45, 2.75) is 78.6 Å². The minimum Gasteiger partial charge on any atom is -0.456 e. The van der Waals surface area contributed by atoms with Gasteiger partial charge in [-0.05, 0) is 294 Å². The van der Waals surface area contributed by atoms with Crippen molar-refractivity contribution in [2.24, 2.45) is 0 Å². The molecule has 0 N–H and O–H groups in total. The third kappa shape index (κ3) is 10.6. The Kier molecular flexibility index (Phi) is 15.1. The summed E-state index contributed by atoms with van der Waals surface area (Å²) in [5, 5.41) is 28.9. The van der Waals surface area contributed by atoms with Crippen molar-refractivity contribution in [3.63, 3.8) is 0 Å². The lowest BCUT2D eigenvalue weighted by molar-refractivity contribution is 0.590. The zero-order valence-electron chi connectivity index (χ0n) is 78.1. The van der Waals surface area contributed by atoms with Crippen LogP contribution >= 0.6 is 0 Å². The smallest absolute Gasteiger partial charge is 0.252 e. The van der Waals surface area contributed by atoms with Crippen molar-refractivity contribution >= 4 is 253 Å². The summed E-state index contributed by atoms with van der Waals surface area (Å²) in [5.74, 6) is 0. The molecule has 9 heteroatoms. The molecule has 6 aromatic heterocycles. The summed E-state index contributed by atoms with van der Waals surface area (Å²) in [6.45, 7) is 21.0. The molecule has 0 bridgehead atoms. The largest absolute Gasteiger partial charge is 0.456 e. The van der Waals surface area contributed by atoms with E-state index in [0.717, 1.165) is 216 Å².